The normalized spacial score (nSPS) is 16.7. The Morgan fingerprint density at radius 1 is 1.52 bits per heavy atom. The minimum absolute atomic E-state index is 0.0596. The minimum Gasteiger partial charge on any atom is -0.488 e. The number of nitrogens with zero attached hydrogens (tertiary/aromatic N) is 1. The Labute approximate surface area is 138 Å². The maximum Gasteiger partial charge on any atom is 0.266 e. The van der Waals surface area contributed by atoms with Crippen LogP contribution in [0.3, 0.4) is 0 Å². The molecule has 1 amide bonds. The molecule has 0 saturated carbocycles. The number of amides is 1. The summed E-state index contributed by atoms with van der Waals surface area (Å²) in [5, 5.41) is 0.497. The van der Waals surface area contributed by atoms with E-state index in [0.717, 1.165) is 5.56 Å². The molecular formula is C15H14ClNO2S2. The molecule has 0 N–H and O–H groups in total. The lowest BCUT2D eigenvalue weighted by Gasteiger charge is -2.09. The van der Waals surface area contributed by atoms with Crippen LogP contribution in [-0.4, -0.2) is 28.3 Å². The van der Waals surface area contributed by atoms with Crippen LogP contribution in [0, 0.1) is 0 Å². The Kier molecular flexibility index (Phi) is 5.45. The lowest BCUT2D eigenvalue weighted by molar-refractivity contribution is -0.121. The topological polar surface area (TPSA) is 29.5 Å². The van der Waals surface area contributed by atoms with Gasteiger partial charge in [-0.1, -0.05) is 54.3 Å². The van der Waals surface area contributed by atoms with Gasteiger partial charge in [0, 0.05) is 6.54 Å². The number of hydrogen-bond acceptors (Lipinski definition) is 4. The minimum atomic E-state index is -0.0596. The van der Waals surface area contributed by atoms with E-state index >= 15 is 0 Å². The molecule has 1 aliphatic rings. The zero-order valence-corrected chi connectivity index (χ0v) is 13.9. The van der Waals surface area contributed by atoms with E-state index in [1.165, 1.54) is 11.8 Å². The highest BCUT2D eigenvalue weighted by atomic mass is 35.5. The fraction of sp³-hybridized carbons (Fsp3) is 0.200. The monoisotopic (exact) mass is 339 g/mol. The highest BCUT2D eigenvalue weighted by Crippen LogP contribution is 2.33. The van der Waals surface area contributed by atoms with Gasteiger partial charge in [0.2, 0.25) is 0 Å². The first-order chi connectivity index (χ1) is 10.1. The lowest BCUT2D eigenvalue weighted by Crippen LogP contribution is -2.27. The van der Waals surface area contributed by atoms with Crippen molar-refractivity contribution in [1.29, 1.82) is 0 Å². The number of benzene rings is 1. The number of carbonyl (C=O) groups is 1. The molecule has 1 aromatic carbocycles. The molecule has 110 valence electrons. The summed E-state index contributed by atoms with van der Waals surface area (Å²) in [6, 6.07) is 5.39. The molecule has 0 aliphatic carbocycles. The molecular weight excluding hydrogens is 326 g/mol. The van der Waals surface area contributed by atoms with Crippen molar-refractivity contribution in [3.05, 3.63) is 46.3 Å². The van der Waals surface area contributed by atoms with Crippen LogP contribution in [0.15, 0.2) is 35.8 Å². The highest BCUT2D eigenvalue weighted by Gasteiger charge is 2.30. The molecule has 1 fully saturated rings. The first-order valence-corrected chi connectivity index (χ1v) is 7.95. The molecule has 0 atom stereocenters. The van der Waals surface area contributed by atoms with Crippen LogP contribution in [0.4, 0.5) is 0 Å². The lowest BCUT2D eigenvalue weighted by atomic mass is 10.2. The maximum absolute atomic E-state index is 12.1. The molecule has 2 rings (SSSR count). The molecule has 0 spiro atoms. The standard InChI is InChI=1S/C15H14ClNO2S2/c1-3-7-19-12-6-5-10(8-11(12)16)9-13-14(18)17(4-2)15(20)21-13/h3,5-6,8-9H,1,4,7H2,2H3/b13-9-. The van der Waals surface area contributed by atoms with E-state index in [4.69, 9.17) is 28.6 Å². The van der Waals surface area contributed by atoms with Crippen LogP contribution in [0.2, 0.25) is 5.02 Å². The number of ether oxygens (including phenoxy) is 1. The van der Waals surface area contributed by atoms with Crippen LogP contribution in [-0.2, 0) is 4.79 Å². The van der Waals surface area contributed by atoms with Gasteiger partial charge in [-0.25, -0.2) is 0 Å². The van der Waals surface area contributed by atoms with Gasteiger partial charge in [0.05, 0.1) is 9.93 Å². The molecule has 1 aromatic rings. The second-order valence-electron chi connectivity index (χ2n) is 4.22. The number of halogens is 1. The van der Waals surface area contributed by atoms with Gasteiger partial charge in [-0.3, -0.25) is 9.69 Å². The number of carbonyl (C=O) groups excluding carboxylic acids is 1. The van der Waals surface area contributed by atoms with Crippen LogP contribution < -0.4 is 4.74 Å². The van der Waals surface area contributed by atoms with Crippen molar-refractivity contribution in [2.45, 2.75) is 6.92 Å². The Morgan fingerprint density at radius 3 is 2.86 bits per heavy atom. The predicted molar refractivity (Wildman–Crippen MR) is 92.7 cm³/mol. The van der Waals surface area contributed by atoms with Crippen LogP contribution in [0.25, 0.3) is 6.08 Å². The summed E-state index contributed by atoms with van der Waals surface area (Å²) in [6.45, 7) is 6.46. The molecule has 1 saturated heterocycles. The maximum atomic E-state index is 12.1. The van der Waals surface area contributed by atoms with Gasteiger partial charge in [-0.2, -0.15) is 0 Å². The second kappa shape index (κ2) is 7.11. The van der Waals surface area contributed by atoms with Crippen molar-refractivity contribution in [3.63, 3.8) is 0 Å². The van der Waals surface area contributed by atoms with E-state index in [-0.39, 0.29) is 5.91 Å². The smallest absolute Gasteiger partial charge is 0.266 e. The summed E-state index contributed by atoms with van der Waals surface area (Å²) < 4.78 is 6.00. The summed E-state index contributed by atoms with van der Waals surface area (Å²) in [6.07, 6.45) is 3.44. The average Bonchev–Trinajstić information content (AvgIpc) is 2.72. The molecule has 1 heterocycles. The fourth-order valence-corrected chi connectivity index (χ4v) is 3.42. The summed E-state index contributed by atoms with van der Waals surface area (Å²) in [5.74, 6) is 0.533. The second-order valence-corrected chi connectivity index (χ2v) is 6.30. The van der Waals surface area contributed by atoms with Gasteiger partial charge in [0.15, 0.2) is 0 Å². The third-order valence-electron chi connectivity index (χ3n) is 2.80. The van der Waals surface area contributed by atoms with E-state index in [2.05, 4.69) is 6.58 Å². The van der Waals surface area contributed by atoms with Gasteiger partial charge >= 0.3 is 0 Å². The molecule has 0 unspecified atom stereocenters. The van der Waals surface area contributed by atoms with Crippen molar-refractivity contribution in [2.24, 2.45) is 0 Å². The van der Waals surface area contributed by atoms with Crippen molar-refractivity contribution >= 4 is 51.9 Å². The number of rotatable bonds is 5. The van der Waals surface area contributed by atoms with Gasteiger partial charge in [-0.05, 0) is 30.7 Å². The number of likely N-dealkylation sites (N-methyl/N-ethyl adjacent to an activating group) is 1. The van der Waals surface area contributed by atoms with Crippen LogP contribution in [0.1, 0.15) is 12.5 Å². The quantitative estimate of drug-likeness (QED) is 0.458. The van der Waals surface area contributed by atoms with Crippen molar-refractivity contribution in [3.8, 4) is 5.75 Å². The fourth-order valence-electron chi connectivity index (χ4n) is 1.80. The summed E-state index contributed by atoms with van der Waals surface area (Å²) in [4.78, 5) is 14.3. The SMILES string of the molecule is C=CCOc1ccc(/C=C2\SC(=S)N(CC)C2=O)cc1Cl. The molecule has 21 heavy (non-hydrogen) atoms. The molecule has 3 nitrogen and oxygen atoms in total. The number of hydrogen-bond donors (Lipinski definition) is 0. The van der Waals surface area contributed by atoms with Crippen LogP contribution >= 0.6 is 35.6 Å². The van der Waals surface area contributed by atoms with E-state index in [9.17, 15) is 4.79 Å². The zero-order valence-electron chi connectivity index (χ0n) is 11.5. The molecule has 6 heteroatoms. The van der Waals surface area contributed by atoms with Crippen molar-refractivity contribution < 1.29 is 9.53 Å². The van der Waals surface area contributed by atoms with Gasteiger partial charge < -0.3 is 4.74 Å². The summed E-state index contributed by atoms with van der Waals surface area (Å²) in [5.41, 5.74) is 0.836. The predicted octanol–water partition coefficient (Wildman–Crippen LogP) is 4.13. The summed E-state index contributed by atoms with van der Waals surface area (Å²) >= 11 is 12.6. The van der Waals surface area contributed by atoms with Gasteiger partial charge in [0.1, 0.15) is 16.7 Å². The number of thiocarbonyl (C=S) groups is 1. The van der Waals surface area contributed by atoms with Crippen molar-refractivity contribution in [2.75, 3.05) is 13.2 Å². The first kappa shape index (κ1) is 16.1. The highest BCUT2D eigenvalue weighted by molar-refractivity contribution is 8.26. The third kappa shape index (κ3) is 3.67. The van der Waals surface area contributed by atoms with E-state index < -0.39 is 0 Å². The van der Waals surface area contributed by atoms with Gasteiger partial charge in [-0.15, -0.1) is 0 Å². The Bertz CT molecular complexity index is 628. The Balaban J connectivity index is 2.22. The number of thioether (sulfide) groups is 1. The Hall–Kier alpha value is -1.30. The third-order valence-corrected chi connectivity index (χ3v) is 4.47. The average molecular weight is 340 g/mol. The zero-order chi connectivity index (χ0) is 15.4. The van der Waals surface area contributed by atoms with E-state index in [1.54, 1.807) is 29.2 Å². The van der Waals surface area contributed by atoms with Crippen LogP contribution in [0.5, 0.6) is 5.75 Å². The van der Waals surface area contributed by atoms with Gasteiger partial charge in [0.25, 0.3) is 5.91 Å². The first-order valence-electron chi connectivity index (χ1n) is 6.35. The molecule has 0 bridgehead atoms. The van der Waals surface area contributed by atoms with E-state index in [1.807, 2.05) is 13.0 Å². The Morgan fingerprint density at radius 2 is 2.29 bits per heavy atom. The molecule has 0 aromatic heterocycles. The largest absolute Gasteiger partial charge is 0.488 e. The van der Waals surface area contributed by atoms with E-state index in [0.29, 0.717) is 33.1 Å². The van der Waals surface area contributed by atoms with Crippen molar-refractivity contribution in [1.82, 2.24) is 4.90 Å². The molecule has 0 radical (unpaired) electrons. The molecule has 1 aliphatic heterocycles. The summed E-state index contributed by atoms with van der Waals surface area (Å²) in [7, 11) is 0.